The van der Waals surface area contributed by atoms with E-state index >= 15 is 0 Å². The van der Waals surface area contributed by atoms with Crippen LogP contribution in [-0.2, 0) is 63.5 Å². The number of ether oxygens (including phenoxy) is 2. The number of esters is 1. The fraction of sp³-hybridized carbons (Fsp3) is 0.286. The molecule has 4 fully saturated rings. The Morgan fingerprint density at radius 2 is 1.00 bits per heavy atom. The minimum absolute atomic E-state index is 0. The number of carbonyl (C=O) groups is 7. The molecule has 0 aliphatic carbocycles. The van der Waals surface area contributed by atoms with Crippen molar-refractivity contribution in [3.05, 3.63) is 203 Å². The number of pyridine rings is 2. The molecule has 0 spiro atoms. The number of nitrogens with two attached hydrogens (primary N) is 1. The van der Waals surface area contributed by atoms with E-state index in [1.54, 1.807) is 86.6 Å². The van der Waals surface area contributed by atoms with Crippen LogP contribution in [0.15, 0.2) is 175 Å². The fourth-order valence-electron chi connectivity index (χ4n) is 11.0. The predicted molar refractivity (Wildman–Crippen MR) is 317 cm³/mol. The Bertz CT molecular complexity index is 3910. The number of benzene rings is 4. The molecule has 4 saturated heterocycles. The van der Waals surface area contributed by atoms with Crippen LogP contribution in [0.3, 0.4) is 0 Å². The number of hydrogen-bond acceptors (Lipinski definition) is 17. The standard InChI is InChI=1S/C46H44N4O8S.C17H20N4O6S.Na/c1-45(2,34-25-23-31(24-26-34)30-16-8-5-9-17-30)58-44(54)49-29-28-48-40(51)36(35-22-14-15-27-47-35)37-41(52)50-39(46(3,4)59(55,56)42(37)50)43(53)57-38(32-18-10-6-11-19-32)33-20-12-7-13-21-33;1-17(2)12(16(24)25)21-14(23)11(15(21)28(17,26)27)10(13(22)20-8-6-18)9-5-3-4-7-19-9;/h5-27,38-39,42H,28-29H2,1-4H3,(H,48,51)(H,49,54);3-5,7,12,15H,6,8,18H2,1-2H3,(H,20,22)(H,24,25);/q;;+1/p-1/b37-36+;11-10+;/t39-,42+;12-,15+;/m00./s1. The number of carboxylic acid groups (broad SMARTS) is 1. The zero-order chi connectivity index (χ0) is 62.8. The summed E-state index contributed by atoms with van der Waals surface area (Å²) in [7, 11) is -8.48. The molecule has 4 aliphatic rings. The molecule has 6 aromatic rings. The Morgan fingerprint density at radius 3 is 1.44 bits per heavy atom. The van der Waals surface area contributed by atoms with Gasteiger partial charge in [-0.2, -0.15) is 0 Å². The smallest absolute Gasteiger partial charge is 0.548 e. The van der Waals surface area contributed by atoms with E-state index in [0.717, 1.165) is 26.5 Å². The third-order valence-electron chi connectivity index (χ3n) is 15.7. The summed E-state index contributed by atoms with van der Waals surface area (Å²) >= 11 is 0. The first-order chi connectivity index (χ1) is 41.3. The number of amides is 5. The van der Waals surface area contributed by atoms with E-state index in [-0.39, 0.29) is 89.4 Å². The molecule has 88 heavy (non-hydrogen) atoms. The van der Waals surface area contributed by atoms with Crippen molar-refractivity contribution in [1.82, 2.24) is 35.7 Å². The van der Waals surface area contributed by atoms with Crippen molar-refractivity contribution in [2.45, 2.75) is 85.6 Å². The first-order valence-electron chi connectivity index (χ1n) is 27.6. The van der Waals surface area contributed by atoms with Crippen LogP contribution < -0.4 is 56.3 Å². The number of sulfone groups is 2. The number of carboxylic acids is 1. The molecular formula is C63H63N8NaO14S2. The summed E-state index contributed by atoms with van der Waals surface area (Å²) in [5.74, 6) is -5.73. The van der Waals surface area contributed by atoms with E-state index in [2.05, 4.69) is 25.9 Å². The average molecular weight is 1240 g/mol. The third-order valence-corrected chi connectivity index (χ3v) is 21.2. The summed E-state index contributed by atoms with van der Waals surface area (Å²) in [5, 5.41) is 16.2. The van der Waals surface area contributed by atoms with Crippen LogP contribution in [0.1, 0.15) is 75.7 Å². The monoisotopic (exact) mass is 1240 g/mol. The quantitative estimate of drug-likeness (QED) is 0.0322. The van der Waals surface area contributed by atoms with Crippen LogP contribution in [-0.4, -0.2) is 137 Å². The first-order valence-corrected chi connectivity index (χ1v) is 30.7. The second-order valence-electron chi connectivity index (χ2n) is 22.3. The minimum Gasteiger partial charge on any atom is -0.548 e. The van der Waals surface area contributed by atoms with E-state index in [4.69, 9.17) is 15.2 Å². The van der Waals surface area contributed by atoms with Gasteiger partial charge in [0.05, 0.1) is 50.4 Å². The van der Waals surface area contributed by atoms with Gasteiger partial charge in [-0.15, -0.1) is 0 Å². The number of rotatable bonds is 17. The average Bonchev–Trinajstić information content (AvgIpc) is 1.55. The van der Waals surface area contributed by atoms with Gasteiger partial charge in [-0.05, 0) is 93.6 Å². The number of nitrogens with one attached hydrogen (secondary N) is 3. The van der Waals surface area contributed by atoms with Crippen molar-refractivity contribution in [3.63, 3.8) is 0 Å². The van der Waals surface area contributed by atoms with Crippen molar-refractivity contribution in [2.24, 2.45) is 5.73 Å². The number of nitrogens with zero attached hydrogens (tertiary/aromatic N) is 4. The van der Waals surface area contributed by atoms with Crippen LogP contribution in [0.4, 0.5) is 4.79 Å². The number of carbonyl (C=O) groups excluding carboxylic acids is 7. The molecular weight excluding hydrogens is 1180 g/mol. The summed E-state index contributed by atoms with van der Waals surface area (Å²) in [6.07, 6.45) is 1.21. The number of aliphatic carboxylic acids is 1. The summed E-state index contributed by atoms with van der Waals surface area (Å²) in [4.78, 5) is 102. The maximum absolute atomic E-state index is 14.3. The molecule has 2 aromatic heterocycles. The summed E-state index contributed by atoms with van der Waals surface area (Å²) in [6, 6.07) is 41.8. The van der Waals surface area contributed by atoms with Gasteiger partial charge in [0.15, 0.2) is 42.6 Å². The van der Waals surface area contributed by atoms with E-state index in [1.165, 1.54) is 52.2 Å². The molecule has 25 heteroatoms. The molecule has 6 heterocycles. The molecule has 4 aliphatic heterocycles. The van der Waals surface area contributed by atoms with Crippen molar-refractivity contribution < 1.29 is 94.5 Å². The molecule has 4 aromatic carbocycles. The molecule has 0 unspecified atom stereocenters. The number of alkyl carbamates (subject to hydrolysis) is 1. The SMILES string of the molecule is CC(C)(OC(=O)NCCNC(=O)/C(=C1\C(=O)N2[C@@H](C(=O)OC(c3ccccc3)c3ccccc3)C(C)(C)S(=O)(=O)[C@H]12)c1ccccn1)c1ccc(-c2ccccc2)cc1.CC1(C)[C@H](C(=O)[O-])N2C(=O)/C(=C(\C(=O)NCCN)c3ccccn3)[C@H]2S1(=O)=O.[Na+]. The van der Waals surface area contributed by atoms with Crippen LogP contribution in [0.2, 0.25) is 0 Å². The number of hydrogen-bond donors (Lipinski definition) is 4. The molecule has 5 amide bonds. The van der Waals surface area contributed by atoms with Gasteiger partial charge in [0, 0.05) is 38.6 Å². The molecule has 22 nitrogen and oxygen atoms in total. The van der Waals surface area contributed by atoms with E-state index < -0.39 is 105 Å². The van der Waals surface area contributed by atoms with Crippen molar-refractivity contribution in [3.8, 4) is 11.1 Å². The van der Waals surface area contributed by atoms with Gasteiger partial charge in [-0.25, -0.2) is 26.4 Å². The second kappa shape index (κ2) is 26.1. The second-order valence-corrected chi connectivity index (χ2v) is 27.4. The van der Waals surface area contributed by atoms with Crippen LogP contribution in [0.25, 0.3) is 22.3 Å². The van der Waals surface area contributed by atoms with Crippen molar-refractivity contribution in [1.29, 1.82) is 0 Å². The molecule has 10 rings (SSSR count). The van der Waals surface area contributed by atoms with Crippen LogP contribution in [0.5, 0.6) is 0 Å². The molecule has 452 valence electrons. The summed E-state index contributed by atoms with van der Waals surface area (Å²) in [6.45, 7) is 8.83. The van der Waals surface area contributed by atoms with Gasteiger partial charge >= 0.3 is 41.6 Å². The Morgan fingerprint density at radius 1 is 0.591 bits per heavy atom. The van der Waals surface area contributed by atoms with Gasteiger partial charge in [0.25, 0.3) is 23.6 Å². The van der Waals surface area contributed by atoms with Crippen LogP contribution >= 0.6 is 0 Å². The van der Waals surface area contributed by atoms with Gasteiger partial charge in [-0.1, -0.05) is 127 Å². The van der Waals surface area contributed by atoms with Gasteiger partial charge in [0.2, 0.25) is 0 Å². The van der Waals surface area contributed by atoms with Gasteiger partial charge in [0.1, 0.15) is 10.3 Å². The molecule has 0 bridgehead atoms. The maximum atomic E-state index is 14.3. The Balaban J connectivity index is 0.000000289. The largest absolute Gasteiger partial charge is 1.00 e. The number of fused-ring (bicyclic) bond motifs is 2. The summed E-state index contributed by atoms with van der Waals surface area (Å²) < 4.78 is 62.9. The zero-order valence-corrected chi connectivity index (χ0v) is 52.8. The first kappa shape index (κ1) is 65.6. The topological polar surface area (TPSA) is 324 Å². The third kappa shape index (κ3) is 12.2. The molecule has 0 saturated carbocycles. The van der Waals surface area contributed by atoms with E-state index in [9.17, 15) is 55.5 Å². The molecule has 4 atom stereocenters. The minimum atomic E-state index is -4.32. The molecule has 0 radical (unpaired) electrons. The fourth-order valence-corrected chi connectivity index (χ4v) is 15.3. The predicted octanol–water partition coefficient (Wildman–Crippen LogP) is 0.765. The number of aromatic nitrogens is 2. The van der Waals surface area contributed by atoms with Crippen LogP contribution in [0, 0.1) is 0 Å². The van der Waals surface area contributed by atoms with Crippen molar-refractivity contribution >= 4 is 72.5 Å². The van der Waals surface area contributed by atoms with Crippen molar-refractivity contribution in [2.75, 3.05) is 26.2 Å². The normalized spacial score (nSPS) is 20.8. The Labute approximate surface area is 531 Å². The summed E-state index contributed by atoms with van der Waals surface area (Å²) in [5.41, 5.74) is 7.69. The Hall–Kier alpha value is -8.39. The maximum Gasteiger partial charge on any atom is 1.00 e. The van der Waals surface area contributed by atoms with Gasteiger partial charge in [-0.3, -0.25) is 29.1 Å². The zero-order valence-electron chi connectivity index (χ0n) is 49.2. The molecule has 5 N–H and O–H groups in total. The van der Waals surface area contributed by atoms with Gasteiger partial charge < -0.3 is 50.9 Å². The van der Waals surface area contributed by atoms with E-state index in [0.29, 0.717) is 11.1 Å². The Kier molecular flexibility index (Phi) is 19.5. The van der Waals surface area contributed by atoms with E-state index in [1.807, 2.05) is 66.7 Å². The number of β-lactam (4-membered cyclic amide) rings is 2.